The topological polar surface area (TPSA) is 66.4 Å². The van der Waals surface area contributed by atoms with E-state index in [0.717, 1.165) is 43.9 Å². The lowest BCUT2D eigenvalue weighted by molar-refractivity contribution is -0.137. The molecule has 0 bridgehead atoms. The number of carbonyl (C=O) groups is 2. The minimum Gasteiger partial charge on any atom is -0.481 e. The minimum absolute atomic E-state index is 0.0509. The number of aliphatic carboxylic acids is 1. The predicted octanol–water partition coefficient (Wildman–Crippen LogP) is 2.52. The number of hydrogen-bond donors (Lipinski definition) is 2. The fourth-order valence-corrected chi connectivity index (χ4v) is 2.65. The van der Waals surface area contributed by atoms with E-state index in [0.29, 0.717) is 0 Å². The maximum Gasteiger partial charge on any atom is 0.305 e. The van der Waals surface area contributed by atoms with Crippen LogP contribution in [0.4, 0.5) is 8.78 Å². The largest absolute Gasteiger partial charge is 0.481 e. The summed E-state index contributed by atoms with van der Waals surface area (Å²) in [6.45, 7) is 0. The molecule has 1 aromatic rings. The highest BCUT2D eigenvalue weighted by molar-refractivity contribution is 6.02. The number of halogens is 2. The highest BCUT2D eigenvalue weighted by Crippen LogP contribution is 2.20. The van der Waals surface area contributed by atoms with Crippen molar-refractivity contribution in [3.63, 3.8) is 0 Å². The van der Waals surface area contributed by atoms with Crippen LogP contribution >= 0.6 is 0 Å². The predicted molar refractivity (Wildman–Crippen MR) is 72.1 cm³/mol. The summed E-state index contributed by atoms with van der Waals surface area (Å²) in [7, 11) is 0. The Morgan fingerprint density at radius 1 is 1.29 bits per heavy atom. The Morgan fingerprint density at radius 2 is 1.95 bits per heavy atom. The monoisotopic (exact) mass is 297 g/mol. The molecule has 6 heteroatoms. The zero-order valence-corrected chi connectivity index (χ0v) is 11.4. The molecule has 1 saturated carbocycles. The first kappa shape index (κ1) is 15.6. The van der Waals surface area contributed by atoms with Crippen molar-refractivity contribution >= 4 is 11.8 Å². The van der Waals surface area contributed by atoms with Gasteiger partial charge in [-0.15, -0.1) is 0 Å². The summed E-state index contributed by atoms with van der Waals surface area (Å²) >= 11 is 0. The number of ketones is 1. The van der Waals surface area contributed by atoms with Crippen LogP contribution in [0.3, 0.4) is 0 Å². The van der Waals surface area contributed by atoms with E-state index in [9.17, 15) is 18.4 Å². The highest BCUT2D eigenvalue weighted by atomic mass is 19.1. The zero-order valence-electron chi connectivity index (χ0n) is 11.4. The van der Waals surface area contributed by atoms with Gasteiger partial charge >= 0.3 is 5.97 Å². The third-order valence-electron chi connectivity index (χ3n) is 3.68. The average Bonchev–Trinajstić information content (AvgIpc) is 2.92. The molecule has 21 heavy (non-hydrogen) atoms. The van der Waals surface area contributed by atoms with Crippen LogP contribution in [0.15, 0.2) is 18.2 Å². The van der Waals surface area contributed by atoms with Gasteiger partial charge in [0.2, 0.25) is 0 Å². The number of rotatable bonds is 6. The van der Waals surface area contributed by atoms with Gasteiger partial charge in [-0.25, -0.2) is 8.78 Å². The molecular formula is C15H17F2NO3. The lowest BCUT2D eigenvalue weighted by Crippen LogP contribution is -2.44. The molecule has 1 aromatic carbocycles. The molecule has 2 rings (SSSR count). The lowest BCUT2D eigenvalue weighted by atomic mass is 9.99. The van der Waals surface area contributed by atoms with Crippen LogP contribution in [0.1, 0.15) is 42.5 Å². The van der Waals surface area contributed by atoms with E-state index in [1.165, 1.54) is 0 Å². The number of benzene rings is 1. The molecule has 0 aromatic heterocycles. The Balaban J connectivity index is 2.19. The lowest BCUT2D eigenvalue weighted by Gasteiger charge is -2.20. The summed E-state index contributed by atoms with van der Waals surface area (Å²) in [5.41, 5.74) is -0.410. The Morgan fingerprint density at radius 3 is 2.57 bits per heavy atom. The van der Waals surface area contributed by atoms with Crippen molar-refractivity contribution in [1.82, 2.24) is 5.32 Å². The Hall–Kier alpha value is -1.82. The molecule has 114 valence electrons. The molecule has 0 heterocycles. The van der Waals surface area contributed by atoms with Gasteiger partial charge in [0, 0.05) is 6.04 Å². The van der Waals surface area contributed by atoms with Crippen LogP contribution < -0.4 is 5.32 Å². The third-order valence-corrected chi connectivity index (χ3v) is 3.68. The second-order valence-corrected chi connectivity index (χ2v) is 5.29. The van der Waals surface area contributed by atoms with E-state index in [-0.39, 0.29) is 6.04 Å². The van der Waals surface area contributed by atoms with Crippen molar-refractivity contribution in [1.29, 1.82) is 0 Å². The Kier molecular flexibility index (Phi) is 5.01. The summed E-state index contributed by atoms with van der Waals surface area (Å²) in [4.78, 5) is 23.2. The minimum atomic E-state index is -1.16. The Bertz CT molecular complexity index is 542. The number of Topliss-reactive ketones (excluding diaryl/α,β-unsaturated/α-hetero) is 1. The van der Waals surface area contributed by atoms with Gasteiger partial charge < -0.3 is 10.4 Å². The van der Waals surface area contributed by atoms with Gasteiger partial charge in [-0.1, -0.05) is 12.8 Å². The fraction of sp³-hybridized carbons (Fsp3) is 0.467. The van der Waals surface area contributed by atoms with Crippen molar-refractivity contribution in [3.05, 3.63) is 35.4 Å². The number of hydrogen-bond acceptors (Lipinski definition) is 3. The van der Waals surface area contributed by atoms with Crippen LogP contribution in [0.5, 0.6) is 0 Å². The fourth-order valence-electron chi connectivity index (χ4n) is 2.65. The first-order valence-corrected chi connectivity index (χ1v) is 6.94. The normalized spacial score (nSPS) is 16.9. The van der Waals surface area contributed by atoms with Gasteiger partial charge in [-0.3, -0.25) is 9.59 Å². The molecule has 1 aliphatic carbocycles. The molecule has 0 saturated heterocycles. The molecule has 1 aliphatic rings. The SMILES string of the molecule is O=C(O)CC(NC1CCCC1)C(=O)c1cc(F)ccc1F. The highest BCUT2D eigenvalue weighted by Gasteiger charge is 2.28. The smallest absolute Gasteiger partial charge is 0.305 e. The van der Waals surface area contributed by atoms with Gasteiger partial charge in [-0.05, 0) is 31.0 Å². The quantitative estimate of drug-likeness (QED) is 0.792. The second kappa shape index (κ2) is 6.76. The van der Waals surface area contributed by atoms with Crippen molar-refractivity contribution in [2.24, 2.45) is 0 Å². The third kappa shape index (κ3) is 4.07. The molecule has 1 fully saturated rings. The van der Waals surface area contributed by atoms with Crippen LogP contribution in [0.2, 0.25) is 0 Å². The van der Waals surface area contributed by atoms with Crippen LogP contribution in [0.25, 0.3) is 0 Å². The maximum atomic E-state index is 13.7. The van der Waals surface area contributed by atoms with Gasteiger partial charge in [-0.2, -0.15) is 0 Å². The van der Waals surface area contributed by atoms with Gasteiger partial charge in [0.15, 0.2) is 5.78 Å². The molecule has 0 spiro atoms. The summed E-state index contributed by atoms with van der Waals surface area (Å²) in [6, 6.07) is 1.61. The van der Waals surface area contributed by atoms with Crippen LogP contribution in [-0.2, 0) is 4.79 Å². The standard InChI is InChI=1S/C15H17F2NO3/c16-9-5-6-12(17)11(7-9)15(21)13(8-14(19)20)18-10-3-1-2-4-10/h5-7,10,13,18H,1-4,8H2,(H,19,20). The van der Waals surface area contributed by atoms with E-state index in [1.54, 1.807) is 0 Å². The van der Waals surface area contributed by atoms with Crippen molar-refractivity contribution < 1.29 is 23.5 Å². The van der Waals surface area contributed by atoms with E-state index in [4.69, 9.17) is 5.11 Å². The van der Waals surface area contributed by atoms with E-state index in [2.05, 4.69) is 5.32 Å². The van der Waals surface area contributed by atoms with E-state index in [1.807, 2.05) is 0 Å². The molecular weight excluding hydrogens is 280 g/mol. The molecule has 0 amide bonds. The molecule has 0 radical (unpaired) electrons. The van der Waals surface area contributed by atoms with Gasteiger partial charge in [0.25, 0.3) is 0 Å². The maximum absolute atomic E-state index is 13.7. The first-order valence-electron chi connectivity index (χ1n) is 6.94. The summed E-state index contributed by atoms with van der Waals surface area (Å²) < 4.78 is 26.9. The van der Waals surface area contributed by atoms with Crippen molar-refractivity contribution in [2.45, 2.75) is 44.2 Å². The second-order valence-electron chi connectivity index (χ2n) is 5.29. The van der Waals surface area contributed by atoms with E-state index < -0.39 is 41.4 Å². The number of carboxylic acids is 1. The average molecular weight is 297 g/mol. The number of carbonyl (C=O) groups excluding carboxylic acids is 1. The molecule has 2 N–H and O–H groups in total. The molecule has 0 aliphatic heterocycles. The summed E-state index contributed by atoms with van der Waals surface area (Å²) in [5, 5.41) is 11.9. The van der Waals surface area contributed by atoms with Crippen LogP contribution in [-0.4, -0.2) is 28.9 Å². The molecule has 4 nitrogen and oxygen atoms in total. The van der Waals surface area contributed by atoms with E-state index >= 15 is 0 Å². The Labute approximate surface area is 121 Å². The number of carboxylic acid groups (broad SMARTS) is 1. The van der Waals surface area contributed by atoms with Gasteiger partial charge in [0.05, 0.1) is 18.0 Å². The first-order chi connectivity index (χ1) is 9.97. The summed E-state index contributed by atoms with van der Waals surface area (Å²) in [5.74, 6) is -3.45. The van der Waals surface area contributed by atoms with Gasteiger partial charge in [0.1, 0.15) is 11.6 Å². The van der Waals surface area contributed by atoms with Crippen molar-refractivity contribution in [3.8, 4) is 0 Å². The molecule has 1 atom stereocenters. The van der Waals surface area contributed by atoms with Crippen molar-refractivity contribution in [2.75, 3.05) is 0 Å². The number of nitrogens with one attached hydrogen (secondary N) is 1. The molecule has 1 unspecified atom stereocenters. The van der Waals surface area contributed by atoms with Crippen LogP contribution in [0, 0.1) is 11.6 Å². The zero-order chi connectivity index (χ0) is 15.4. The summed E-state index contributed by atoms with van der Waals surface area (Å²) in [6.07, 6.45) is 3.29.